The lowest BCUT2D eigenvalue weighted by Crippen LogP contribution is -2.24. The molecule has 0 spiro atoms. The van der Waals surface area contributed by atoms with Crippen molar-refractivity contribution >= 4 is 23.6 Å². The first kappa shape index (κ1) is 19.9. The fourth-order valence-corrected chi connectivity index (χ4v) is 3.08. The van der Waals surface area contributed by atoms with Crippen LogP contribution >= 0.6 is 0 Å². The number of amides is 1. The molecule has 1 aromatic heterocycles. The lowest BCUT2D eigenvalue weighted by Gasteiger charge is -2.16. The summed E-state index contributed by atoms with van der Waals surface area (Å²) in [5, 5.41) is 11.3. The highest BCUT2D eigenvalue weighted by Crippen LogP contribution is 2.34. The first-order chi connectivity index (χ1) is 13.9. The molecule has 9 nitrogen and oxygen atoms in total. The van der Waals surface area contributed by atoms with Crippen LogP contribution in [0.1, 0.15) is 18.2 Å². The van der Waals surface area contributed by atoms with Gasteiger partial charge < -0.3 is 18.8 Å². The summed E-state index contributed by atoms with van der Waals surface area (Å²) in [4.78, 5) is 37.5. The number of furan rings is 1. The number of carbonyl (C=O) groups is 2. The Labute approximate surface area is 166 Å². The van der Waals surface area contributed by atoms with Crippen molar-refractivity contribution in [1.82, 2.24) is 4.90 Å². The van der Waals surface area contributed by atoms with Crippen LogP contribution in [-0.4, -0.2) is 35.9 Å². The van der Waals surface area contributed by atoms with Gasteiger partial charge in [0.25, 0.3) is 5.91 Å². The SMILES string of the molecule is COC(=O)C1=C(C)N(Cc2ccco2)C(=O)/C1=C/c1ccc(OC)c([N+](=O)[O-])c1. The molecule has 29 heavy (non-hydrogen) atoms. The zero-order chi connectivity index (χ0) is 21.1. The largest absolute Gasteiger partial charge is 0.490 e. The summed E-state index contributed by atoms with van der Waals surface area (Å²) in [5.74, 6) is -0.470. The van der Waals surface area contributed by atoms with E-state index in [0.29, 0.717) is 17.0 Å². The second-order valence-electron chi connectivity index (χ2n) is 6.17. The molecule has 1 aromatic carbocycles. The van der Waals surface area contributed by atoms with Gasteiger partial charge >= 0.3 is 11.7 Å². The lowest BCUT2D eigenvalue weighted by atomic mass is 10.0. The molecule has 1 aliphatic heterocycles. The first-order valence-corrected chi connectivity index (χ1v) is 8.55. The summed E-state index contributed by atoms with van der Waals surface area (Å²) < 4.78 is 15.1. The van der Waals surface area contributed by atoms with Crippen molar-refractivity contribution in [3.63, 3.8) is 0 Å². The van der Waals surface area contributed by atoms with Gasteiger partial charge in [0.1, 0.15) is 5.76 Å². The average molecular weight is 398 g/mol. The number of ether oxygens (including phenoxy) is 2. The molecule has 0 fully saturated rings. The summed E-state index contributed by atoms with van der Waals surface area (Å²) in [7, 11) is 2.55. The van der Waals surface area contributed by atoms with Gasteiger partial charge in [-0.2, -0.15) is 0 Å². The smallest absolute Gasteiger partial charge is 0.340 e. The predicted octanol–water partition coefficient (Wildman–Crippen LogP) is 3.07. The van der Waals surface area contributed by atoms with Crippen molar-refractivity contribution in [2.45, 2.75) is 13.5 Å². The summed E-state index contributed by atoms with van der Waals surface area (Å²) in [5.41, 5.74) is 0.713. The van der Waals surface area contributed by atoms with E-state index in [4.69, 9.17) is 13.9 Å². The highest BCUT2D eigenvalue weighted by Gasteiger charge is 2.37. The summed E-state index contributed by atoms with van der Waals surface area (Å²) in [6.45, 7) is 1.77. The highest BCUT2D eigenvalue weighted by molar-refractivity contribution is 6.16. The van der Waals surface area contributed by atoms with Gasteiger partial charge in [-0.25, -0.2) is 4.79 Å². The van der Waals surface area contributed by atoms with Gasteiger partial charge in [-0.05, 0) is 36.8 Å². The maximum atomic E-state index is 13.0. The van der Waals surface area contributed by atoms with Gasteiger partial charge in [-0.3, -0.25) is 14.9 Å². The minimum Gasteiger partial charge on any atom is -0.490 e. The molecule has 2 aromatic rings. The molecule has 150 valence electrons. The fraction of sp³-hybridized carbons (Fsp3) is 0.200. The second-order valence-corrected chi connectivity index (χ2v) is 6.17. The molecule has 0 saturated heterocycles. The Morgan fingerprint density at radius 1 is 1.31 bits per heavy atom. The summed E-state index contributed by atoms with van der Waals surface area (Å²) in [6.07, 6.45) is 2.91. The Morgan fingerprint density at radius 3 is 2.66 bits per heavy atom. The number of nitro benzene ring substituents is 1. The van der Waals surface area contributed by atoms with E-state index in [-0.39, 0.29) is 29.1 Å². The number of hydrogen-bond donors (Lipinski definition) is 0. The normalized spacial score (nSPS) is 15.2. The van der Waals surface area contributed by atoms with E-state index in [0.717, 1.165) is 0 Å². The number of carbonyl (C=O) groups excluding carboxylic acids is 2. The van der Waals surface area contributed by atoms with Crippen LogP contribution in [-0.2, 0) is 20.9 Å². The minimum absolute atomic E-state index is 0.0837. The summed E-state index contributed by atoms with van der Waals surface area (Å²) in [6, 6.07) is 7.68. The van der Waals surface area contributed by atoms with Gasteiger partial charge in [-0.15, -0.1) is 0 Å². The van der Waals surface area contributed by atoms with Gasteiger partial charge in [0, 0.05) is 11.8 Å². The highest BCUT2D eigenvalue weighted by atomic mass is 16.6. The summed E-state index contributed by atoms with van der Waals surface area (Å²) >= 11 is 0. The van der Waals surface area contributed by atoms with Crippen LogP contribution in [0.4, 0.5) is 5.69 Å². The van der Waals surface area contributed by atoms with E-state index >= 15 is 0 Å². The first-order valence-electron chi connectivity index (χ1n) is 8.55. The molecule has 0 atom stereocenters. The topological polar surface area (TPSA) is 112 Å². The van der Waals surface area contributed by atoms with Crippen LogP contribution in [0.3, 0.4) is 0 Å². The number of hydrogen-bond acceptors (Lipinski definition) is 7. The van der Waals surface area contributed by atoms with E-state index < -0.39 is 16.8 Å². The van der Waals surface area contributed by atoms with Gasteiger partial charge in [-0.1, -0.05) is 6.07 Å². The van der Waals surface area contributed by atoms with Crippen LogP contribution in [0.5, 0.6) is 5.75 Å². The maximum absolute atomic E-state index is 13.0. The quantitative estimate of drug-likeness (QED) is 0.318. The van der Waals surface area contributed by atoms with E-state index in [1.165, 1.54) is 43.6 Å². The van der Waals surface area contributed by atoms with Crippen molar-refractivity contribution in [2.24, 2.45) is 0 Å². The third-order valence-corrected chi connectivity index (χ3v) is 4.51. The molecule has 0 radical (unpaired) electrons. The van der Waals surface area contributed by atoms with Crippen molar-refractivity contribution < 1.29 is 28.4 Å². The molecule has 0 saturated carbocycles. The fourth-order valence-electron chi connectivity index (χ4n) is 3.08. The zero-order valence-electron chi connectivity index (χ0n) is 16.0. The standard InChI is InChI=1S/C20H18N2O7/c1-12-18(20(24)28-3)15(19(23)21(12)11-14-5-4-8-29-14)9-13-6-7-17(27-2)16(10-13)22(25)26/h4-10H,11H2,1-3H3/b15-9+. The third-order valence-electron chi connectivity index (χ3n) is 4.51. The van der Waals surface area contributed by atoms with Crippen LogP contribution in [0.25, 0.3) is 6.08 Å². The molecular weight excluding hydrogens is 380 g/mol. The monoisotopic (exact) mass is 398 g/mol. The van der Waals surface area contributed by atoms with Crippen molar-refractivity contribution in [1.29, 1.82) is 0 Å². The molecule has 0 bridgehead atoms. The predicted molar refractivity (Wildman–Crippen MR) is 102 cm³/mol. The second kappa shape index (κ2) is 8.01. The number of esters is 1. The Hall–Kier alpha value is -3.88. The lowest BCUT2D eigenvalue weighted by molar-refractivity contribution is -0.385. The molecule has 0 N–H and O–H groups in total. The van der Waals surface area contributed by atoms with Crippen LogP contribution in [0.2, 0.25) is 0 Å². The van der Waals surface area contributed by atoms with Crippen molar-refractivity contribution in [2.75, 3.05) is 14.2 Å². The number of allylic oxidation sites excluding steroid dienone is 1. The van der Waals surface area contributed by atoms with Gasteiger partial charge in [0.15, 0.2) is 5.75 Å². The van der Waals surface area contributed by atoms with Crippen molar-refractivity contribution in [3.05, 3.63) is 74.9 Å². The Morgan fingerprint density at radius 2 is 2.07 bits per heavy atom. The maximum Gasteiger partial charge on any atom is 0.340 e. The molecular formula is C20H18N2O7. The van der Waals surface area contributed by atoms with E-state index in [2.05, 4.69) is 0 Å². The zero-order valence-corrected chi connectivity index (χ0v) is 16.0. The third kappa shape index (κ3) is 3.75. The molecule has 0 unspecified atom stereocenters. The number of nitro groups is 1. The molecule has 2 heterocycles. The Bertz CT molecular complexity index is 1040. The number of methoxy groups -OCH3 is 2. The number of rotatable bonds is 6. The van der Waals surface area contributed by atoms with Crippen molar-refractivity contribution in [3.8, 4) is 5.75 Å². The molecule has 9 heteroatoms. The van der Waals surface area contributed by atoms with Gasteiger partial charge in [0.2, 0.25) is 0 Å². The molecule has 1 aliphatic rings. The van der Waals surface area contributed by atoms with Crippen LogP contribution in [0, 0.1) is 10.1 Å². The molecule has 0 aliphatic carbocycles. The van der Waals surface area contributed by atoms with E-state index in [1.807, 2.05) is 0 Å². The molecule has 1 amide bonds. The number of nitrogens with zero attached hydrogens (tertiary/aromatic N) is 2. The van der Waals surface area contributed by atoms with Crippen LogP contribution in [0.15, 0.2) is 57.9 Å². The minimum atomic E-state index is -0.674. The Balaban J connectivity index is 2.07. The van der Waals surface area contributed by atoms with E-state index in [9.17, 15) is 19.7 Å². The average Bonchev–Trinajstić information content (AvgIpc) is 3.30. The Kier molecular flexibility index (Phi) is 5.49. The van der Waals surface area contributed by atoms with Crippen LogP contribution < -0.4 is 4.74 Å². The number of benzene rings is 1. The molecule has 3 rings (SSSR count). The van der Waals surface area contributed by atoms with Gasteiger partial charge in [0.05, 0.1) is 43.1 Å². The van der Waals surface area contributed by atoms with E-state index in [1.54, 1.807) is 25.1 Å².